The molecule has 0 bridgehead atoms. The van der Waals surface area contributed by atoms with Gasteiger partial charge in [0.25, 0.3) is 0 Å². The van der Waals surface area contributed by atoms with E-state index in [1.54, 1.807) is 31.5 Å². The topological polar surface area (TPSA) is 268 Å². The van der Waals surface area contributed by atoms with E-state index in [-0.39, 0.29) is 64.1 Å². The highest BCUT2D eigenvalue weighted by molar-refractivity contribution is 5.99. The molecule has 4 heterocycles. The van der Waals surface area contributed by atoms with Gasteiger partial charge in [-0.2, -0.15) is 0 Å². The van der Waals surface area contributed by atoms with Crippen molar-refractivity contribution in [2.24, 2.45) is 11.7 Å². The third-order valence-corrected chi connectivity index (χ3v) is 16.3. The van der Waals surface area contributed by atoms with Gasteiger partial charge in [0.1, 0.15) is 60.5 Å². The molecular formula is C65H78N10O10. The van der Waals surface area contributed by atoms with Crippen LogP contribution in [0.3, 0.4) is 0 Å². The van der Waals surface area contributed by atoms with Crippen molar-refractivity contribution in [3.63, 3.8) is 0 Å². The van der Waals surface area contributed by atoms with Gasteiger partial charge in [-0.05, 0) is 116 Å². The Morgan fingerprint density at radius 3 is 1.93 bits per heavy atom. The van der Waals surface area contributed by atoms with E-state index in [2.05, 4.69) is 36.9 Å². The Morgan fingerprint density at radius 2 is 1.26 bits per heavy atom. The Labute approximate surface area is 495 Å². The average Bonchev–Trinajstić information content (AvgIpc) is 4.30. The summed E-state index contributed by atoms with van der Waals surface area (Å²) in [6, 6.07) is 33.7. The average molecular weight is 1160 g/mol. The number of fused-ring (bicyclic) bond motifs is 2. The number of aromatic amines is 1. The third-order valence-electron chi connectivity index (χ3n) is 16.3. The Kier molecular flexibility index (Phi) is 21.2. The van der Waals surface area contributed by atoms with Gasteiger partial charge in [0.15, 0.2) is 0 Å². The minimum absolute atomic E-state index is 0.00755. The number of carbonyl (C=O) groups excluding carboxylic acids is 7. The largest absolute Gasteiger partial charge is 0.496 e. The summed E-state index contributed by atoms with van der Waals surface area (Å²) in [6.07, 6.45) is 2.16. The Morgan fingerprint density at radius 1 is 0.647 bits per heavy atom. The summed E-state index contributed by atoms with van der Waals surface area (Å²) in [4.78, 5) is 112. The van der Waals surface area contributed by atoms with E-state index in [0.29, 0.717) is 73.4 Å². The van der Waals surface area contributed by atoms with Crippen molar-refractivity contribution in [2.45, 2.75) is 113 Å². The van der Waals surface area contributed by atoms with Crippen molar-refractivity contribution in [3.05, 3.63) is 167 Å². The number of hydrogen-bond acceptors (Lipinski definition) is 12. The van der Waals surface area contributed by atoms with Crippen LogP contribution in [-0.4, -0.2) is 146 Å². The fourth-order valence-electron chi connectivity index (χ4n) is 11.6. The molecule has 5 aromatic carbocycles. The van der Waals surface area contributed by atoms with Gasteiger partial charge in [-0.1, -0.05) is 109 Å². The van der Waals surface area contributed by atoms with E-state index in [1.165, 1.54) is 16.8 Å². The van der Waals surface area contributed by atoms with Crippen LogP contribution in [0.15, 0.2) is 140 Å². The van der Waals surface area contributed by atoms with Gasteiger partial charge in [0.2, 0.25) is 35.4 Å². The lowest BCUT2D eigenvalue weighted by Crippen LogP contribution is -2.62. The maximum absolute atomic E-state index is 15.7. The van der Waals surface area contributed by atoms with Gasteiger partial charge in [-0.15, -0.1) is 0 Å². The molecule has 0 saturated carbocycles. The molecule has 3 aliphatic rings. The number of ether oxygens (including phenoxy) is 3. The highest BCUT2D eigenvalue weighted by atomic mass is 16.6. The second-order valence-electron chi connectivity index (χ2n) is 22.2. The molecule has 0 radical (unpaired) electrons. The van der Waals surface area contributed by atoms with Crippen LogP contribution < -0.4 is 47.1 Å². The summed E-state index contributed by atoms with van der Waals surface area (Å²) in [7, 11) is 3.05. The van der Waals surface area contributed by atoms with Crippen LogP contribution in [0.5, 0.6) is 11.5 Å². The van der Waals surface area contributed by atoms with E-state index >= 15 is 28.8 Å². The fraction of sp³-hybridized carbons (Fsp3) is 0.400. The smallest absolute Gasteiger partial charge is 0.407 e. The zero-order chi connectivity index (χ0) is 59.7. The van der Waals surface area contributed by atoms with Crippen LogP contribution in [0.2, 0.25) is 0 Å². The van der Waals surface area contributed by atoms with Crippen molar-refractivity contribution in [3.8, 4) is 11.5 Å². The molecule has 448 valence electrons. The van der Waals surface area contributed by atoms with Crippen LogP contribution in [0.25, 0.3) is 10.9 Å². The lowest BCUT2D eigenvalue weighted by atomic mass is 9.90. The summed E-state index contributed by atoms with van der Waals surface area (Å²) >= 11 is 0. The van der Waals surface area contributed by atoms with Crippen LogP contribution >= 0.6 is 0 Å². The maximum Gasteiger partial charge on any atom is 0.407 e. The molecule has 0 unspecified atom stereocenters. The number of aromatic nitrogens is 1. The molecule has 20 nitrogen and oxygen atoms in total. The first kappa shape index (κ1) is 60.8. The number of methoxy groups -OCH3 is 1. The number of nitrogens with one attached hydrogen (secondary N) is 7. The van der Waals surface area contributed by atoms with Crippen molar-refractivity contribution in [1.29, 1.82) is 0 Å². The molecular weight excluding hydrogens is 1080 g/mol. The number of alkyl carbamates (subject to hydrolysis) is 1. The minimum Gasteiger partial charge on any atom is -0.496 e. The number of carbonyl (C=O) groups is 7. The van der Waals surface area contributed by atoms with E-state index in [4.69, 9.17) is 19.9 Å². The SMILES string of the molecule is COc1cccc2[nH]cc(C[C@H]3NC(=O)[C@H](CCc4ccccc4)NC(=O)[C@@H]4C[C@@H](OC(=O)NCCN)CN4C(=O)[C@H](CCc4ccccc4)N(C)C(=O)[C@H](Cc4ccc(OCc5ccccc5)cc4)NC(=O)[C@H](CC4CCNCC4)NC3=O)c12. The lowest BCUT2D eigenvalue weighted by Gasteiger charge is -2.36. The molecule has 9 rings (SSSR count). The second-order valence-corrected chi connectivity index (χ2v) is 22.2. The zero-order valence-electron chi connectivity index (χ0n) is 48.3. The monoisotopic (exact) mass is 1160 g/mol. The summed E-state index contributed by atoms with van der Waals surface area (Å²) < 4.78 is 17.7. The molecule has 3 aliphatic heterocycles. The zero-order valence-corrected chi connectivity index (χ0v) is 48.3. The summed E-state index contributed by atoms with van der Waals surface area (Å²) in [5.74, 6) is -2.81. The number of likely N-dealkylation sites (N-methyl/N-ethyl adjacent to an activating group) is 1. The van der Waals surface area contributed by atoms with Gasteiger partial charge >= 0.3 is 6.09 Å². The maximum atomic E-state index is 15.7. The molecule has 3 saturated heterocycles. The molecule has 9 N–H and O–H groups in total. The Bertz CT molecular complexity index is 3210. The number of rotatable bonds is 19. The molecule has 20 heteroatoms. The first-order chi connectivity index (χ1) is 41.3. The molecule has 1 aromatic heterocycles. The first-order valence-electron chi connectivity index (χ1n) is 29.4. The molecule has 7 amide bonds. The van der Waals surface area contributed by atoms with E-state index in [9.17, 15) is 4.79 Å². The van der Waals surface area contributed by atoms with Gasteiger partial charge in [-0.25, -0.2) is 4.79 Å². The number of aryl methyl sites for hydroxylation is 2. The van der Waals surface area contributed by atoms with Crippen molar-refractivity contribution in [1.82, 2.24) is 46.7 Å². The molecule has 0 spiro atoms. The minimum atomic E-state index is -1.33. The summed E-state index contributed by atoms with van der Waals surface area (Å²) in [5.41, 5.74) is 10.4. The van der Waals surface area contributed by atoms with Crippen LogP contribution in [-0.2, 0) is 65.8 Å². The van der Waals surface area contributed by atoms with Gasteiger partial charge in [0, 0.05) is 56.5 Å². The molecule has 6 aromatic rings. The summed E-state index contributed by atoms with van der Waals surface area (Å²) in [5, 5.41) is 18.7. The van der Waals surface area contributed by atoms with Crippen LogP contribution in [0.1, 0.15) is 66.3 Å². The van der Waals surface area contributed by atoms with Crippen LogP contribution in [0, 0.1) is 5.92 Å². The molecule has 7 atom stereocenters. The third kappa shape index (κ3) is 16.3. The summed E-state index contributed by atoms with van der Waals surface area (Å²) in [6.45, 7) is 1.75. The number of nitrogens with two attached hydrogens (primary N) is 1. The number of nitrogens with zero attached hydrogens (tertiary/aromatic N) is 2. The Balaban J connectivity index is 1.13. The molecule has 85 heavy (non-hydrogen) atoms. The lowest BCUT2D eigenvalue weighted by molar-refractivity contribution is -0.149. The van der Waals surface area contributed by atoms with E-state index in [0.717, 1.165) is 22.2 Å². The van der Waals surface area contributed by atoms with Gasteiger partial charge < -0.3 is 66.6 Å². The normalized spacial score (nSPS) is 22.1. The number of amides is 7. The number of benzene rings is 5. The van der Waals surface area contributed by atoms with E-state index in [1.807, 2.05) is 115 Å². The molecule has 0 aliphatic carbocycles. The highest BCUT2D eigenvalue weighted by Crippen LogP contribution is 2.31. The number of hydrogen-bond donors (Lipinski definition) is 8. The predicted octanol–water partition coefficient (Wildman–Crippen LogP) is 4.63. The standard InChI is InChI=1S/C65H78N10O10/c1-74-55(28-24-43-15-8-4-9-16-43)64(81)75-40-49(85-65(82)68-34-31-66)38-56(75)62(79)70-51(27-23-42-13-6-3-7-14-42)59(76)72-53(37-47-39-69-50-19-12-20-57(83-2)58(47)50)61(78)71-52(35-45-29-32-67-33-30-45)60(77)73-54(63(74)80)36-44-21-25-48(26-22-44)84-41-46-17-10-5-11-18-46/h3-22,25-26,39,45,49,51-56,67,69H,23-24,27-38,40-41,66H2,1-2H3,(H,68,82)(H,70,79)(H,71,78)(H,72,76)(H,73,77)/t49-,51+,52+,53-,54+,55+,56+/m1/s1. The predicted molar refractivity (Wildman–Crippen MR) is 321 cm³/mol. The Hall–Kier alpha value is -8.75. The highest BCUT2D eigenvalue weighted by Gasteiger charge is 2.46. The fourth-order valence-corrected chi connectivity index (χ4v) is 11.6. The van der Waals surface area contributed by atoms with Crippen LogP contribution in [0.4, 0.5) is 4.79 Å². The van der Waals surface area contributed by atoms with Crippen molar-refractivity contribution < 1.29 is 47.8 Å². The first-order valence-corrected chi connectivity index (χ1v) is 29.4. The molecule has 3 fully saturated rings. The number of piperidine rings is 1. The van der Waals surface area contributed by atoms with Crippen molar-refractivity contribution >= 4 is 52.4 Å². The van der Waals surface area contributed by atoms with Crippen molar-refractivity contribution in [2.75, 3.05) is 46.9 Å². The quantitative estimate of drug-likeness (QED) is 0.0552. The number of H-pyrrole nitrogens is 1. The van der Waals surface area contributed by atoms with Gasteiger partial charge in [0.05, 0.1) is 13.7 Å². The van der Waals surface area contributed by atoms with Gasteiger partial charge in [-0.3, -0.25) is 28.8 Å². The van der Waals surface area contributed by atoms with E-state index < -0.39 is 83.9 Å². The second kappa shape index (κ2) is 29.7.